The Balaban J connectivity index is 1.73. The summed E-state index contributed by atoms with van der Waals surface area (Å²) in [6.07, 6.45) is 5.87. The molecule has 1 saturated carbocycles. The highest BCUT2D eigenvalue weighted by Crippen LogP contribution is 2.39. The smallest absolute Gasteiger partial charge is 0.254 e. The monoisotopic (exact) mass is 465 g/mol. The van der Waals surface area contributed by atoms with Gasteiger partial charge in [-0.1, -0.05) is 0 Å². The van der Waals surface area contributed by atoms with Gasteiger partial charge in [-0.2, -0.15) is 4.98 Å². The molecule has 2 aromatic heterocycles. The number of aliphatic hydroxyl groups is 1. The van der Waals surface area contributed by atoms with Gasteiger partial charge in [0.2, 0.25) is 16.0 Å². The van der Waals surface area contributed by atoms with Crippen molar-refractivity contribution in [3.8, 4) is 0 Å². The van der Waals surface area contributed by atoms with Gasteiger partial charge in [0.1, 0.15) is 5.65 Å². The zero-order valence-corrected chi connectivity index (χ0v) is 19.7. The van der Waals surface area contributed by atoms with Crippen molar-refractivity contribution in [1.29, 1.82) is 0 Å². The molecule has 2 aliphatic rings. The van der Waals surface area contributed by atoms with E-state index in [1.54, 1.807) is 13.1 Å². The van der Waals surface area contributed by atoms with Gasteiger partial charge in [0.25, 0.3) is 5.56 Å². The number of nitrogens with one attached hydrogen (secondary N) is 1. The van der Waals surface area contributed by atoms with E-state index in [1.807, 2.05) is 0 Å². The van der Waals surface area contributed by atoms with Crippen molar-refractivity contribution in [2.75, 3.05) is 24.7 Å². The average molecular weight is 465 g/mol. The van der Waals surface area contributed by atoms with Crippen molar-refractivity contribution in [1.82, 2.24) is 18.8 Å². The Kier molecular flexibility index (Phi) is 6.20. The number of rotatable bonds is 5. The lowest BCUT2D eigenvalue weighted by molar-refractivity contribution is 0.0266. The number of fused-ring (bicyclic) bond motifs is 1. The number of pyridine rings is 1. The minimum absolute atomic E-state index is 0.00940. The molecule has 0 unspecified atom stereocenters. The molecule has 2 atom stereocenters. The fourth-order valence-electron chi connectivity index (χ4n) is 4.84. The maximum Gasteiger partial charge on any atom is 0.254 e. The predicted octanol–water partition coefficient (Wildman–Crippen LogP) is -0.281. The fraction of sp³-hybridized carbons (Fsp3) is 0.650. The lowest BCUT2D eigenvalue weighted by Crippen LogP contribution is -2.43. The standard InChI is InChI=1S/C20H26B3N5O4S/c1-19(30)7-3-4-15(19)28-16-12(10-14(17(28)29)20(21,22)23)11-24-18(26-16)25-13-5-8-27(9-6-13)33(2,31)32/h10-11,13,15,30H,3-9H2,1-2H3,(H,24,25,26)/t15-,19-/m0/s1. The first-order valence-electron chi connectivity index (χ1n) is 11.0. The second kappa shape index (κ2) is 8.43. The van der Waals surface area contributed by atoms with Crippen LogP contribution in [0.1, 0.15) is 50.6 Å². The minimum Gasteiger partial charge on any atom is -0.388 e. The molecule has 2 N–H and O–H groups in total. The molecule has 170 valence electrons. The Morgan fingerprint density at radius 1 is 1.24 bits per heavy atom. The van der Waals surface area contributed by atoms with Crippen LogP contribution in [0, 0.1) is 0 Å². The largest absolute Gasteiger partial charge is 0.388 e. The quantitative estimate of drug-likeness (QED) is 0.584. The van der Waals surface area contributed by atoms with Crippen LogP contribution < -0.4 is 10.9 Å². The SMILES string of the molecule is [B]C([B])([B])c1cc2cnc(NC3CCN(S(C)(=O)=O)CC3)nc2n([C@H]2CCC[C@]2(C)O)c1=O. The zero-order valence-electron chi connectivity index (χ0n) is 18.9. The van der Waals surface area contributed by atoms with Gasteiger partial charge < -0.3 is 10.4 Å². The van der Waals surface area contributed by atoms with Crippen LogP contribution in [-0.2, 0) is 15.1 Å². The van der Waals surface area contributed by atoms with Crippen LogP contribution in [0.3, 0.4) is 0 Å². The van der Waals surface area contributed by atoms with Gasteiger partial charge in [0.15, 0.2) is 0 Å². The Morgan fingerprint density at radius 2 is 1.91 bits per heavy atom. The summed E-state index contributed by atoms with van der Waals surface area (Å²) in [5, 5.41) is 12.9. The molecule has 4 rings (SSSR count). The van der Waals surface area contributed by atoms with E-state index in [2.05, 4.69) is 15.3 Å². The molecule has 2 aromatic rings. The summed E-state index contributed by atoms with van der Waals surface area (Å²) in [5.74, 6) is 0.318. The zero-order chi connectivity index (χ0) is 24.2. The van der Waals surface area contributed by atoms with Gasteiger partial charge in [0, 0.05) is 30.7 Å². The first-order chi connectivity index (χ1) is 15.3. The summed E-state index contributed by atoms with van der Waals surface area (Å²) in [5.41, 5.74) is -1.23. The van der Waals surface area contributed by atoms with E-state index in [1.165, 1.54) is 21.2 Å². The Morgan fingerprint density at radius 3 is 2.45 bits per heavy atom. The van der Waals surface area contributed by atoms with Crippen LogP contribution in [0.25, 0.3) is 11.0 Å². The van der Waals surface area contributed by atoms with Crippen LogP contribution in [0.4, 0.5) is 5.95 Å². The summed E-state index contributed by atoms with van der Waals surface area (Å²) in [4.78, 5) is 22.4. The maximum absolute atomic E-state index is 13.4. The van der Waals surface area contributed by atoms with Crippen molar-refractivity contribution < 1.29 is 13.5 Å². The highest BCUT2D eigenvalue weighted by molar-refractivity contribution is 7.88. The summed E-state index contributed by atoms with van der Waals surface area (Å²) in [6.45, 7) is 2.52. The van der Waals surface area contributed by atoms with Crippen molar-refractivity contribution in [3.05, 3.63) is 28.2 Å². The van der Waals surface area contributed by atoms with E-state index < -0.39 is 32.3 Å². The van der Waals surface area contributed by atoms with Gasteiger partial charge >= 0.3 is 0 Å². The van der Waals surface area contributed by atoms with Gasteiger partial charge in [-0.05, 0) is 50.7 Å². The molecule has 2 fully saturated rings. The van der Waals surface area contributed by atoms with E-state index >= 15 is 0 Å². The third kappa shape index (κ3) is 4.86. The molecule has 1 aliphatic carbocycles. The van der Waals surface area contributed by atoms with Crippen molar-refractivity contribution >= 4 is 50.5 Å². The molecule has 13 heteroatoms. The number of anilines is 1. The van der Waals surface area contributed by atoms with Crippen LogP contribution >= 0.6 is 0 Å². The first-order valence-corrected chi connectivity index (χ1v) is 12.9. The van der Waals surface area contributed by atoms with E-state index in [-0.39, 0.29) is 11.6 Å². The Bertz CT molecular complexity index is 1220. The van der Waals surface area contributed by atoms with Crippen molar-refractivity contribution in [3.63, 3.8) is 0 Å². The molecule has 33 heavy (non-hydrogen) atoms. The van der Waals surface area contributed by atoms with Gasteiger partial charge in [-0.3, -0.25) is 9.36 Å². The normalized spacial score (nSPS) is 25.5. The number of piperidine rings is 1. The van der Waals surface area contributed by atoms with E-state index in [0.29, 0.717) is 55.8 Å². The molecule has 0 spiro atoms. The van der Waals surface area contributed by atoms with Crippen LogP contribution in [0.15, 0.2) is 17.1 Å². The van der Waals surface area contributed by atoms with Gasteiger partial charge in [-0.25, -0.2) is 17.7 Å². The summed E-state index contributed by atoms with van der Waals surface area (Å²) < 4.78 is 26.4. The molecule has 9 nitrogen and oxygen atoms in total. The van der Waals surface area contributed by atoms with Gasteiger partial charge in [0.05, 0.1) is 41.4 Å². The second-order valence-corrected chi connectivity index (χ2v) is 11.5. The van der Waals surface area contributed by atoms with E-state index in [0.717, 1.165) is 6.42 Å². The maximum atomic E-state index is 13.4. The fourth-order valence-corrected chi connectivity index (χ4v) is 5.72. The number of nitrogens with zero attached hydrogens (tertiary/aromatic N) is 4. The third-order valence-corrected chi connectivity index (χ3v) is 7.99. The van der Waals surface area contributed by atoms with E-state index in [9.17, 15) is 18.3 Å². The number of hydrogen-bond acceptors (Lipinski definition) is 7. The number of aromatic nitrogens is 3. The van der Waals surface area contributed by atoms with Crippen molar-refractivity contribution in [2.45, 2.75) is 61.8 Å². The highest BCUT2D eigenvalue weighted by Gasteiger charge is 2.40. The Hall–Kier alpha value is -1.85. The molecule has 6 radical (unpaired) electrons. The molecular formula is C20H26B3N5O4S. The van der Waals surface area contributed by atoms with E-state index in [4.69, 9.17) is 23.5 Å². The molecule has 1 aliphatic heterocycles. The lowest BCUT2D eigenvalue weighted by atomic mass is 9.40. The number of sulfonamides is 1. The van der Waals surface area contributed by atoms with Gasteiger partial charge in [-0.15, -0.1) is 5.11 Å². The van der Waals surface area contributed by atoms with Crippen LogP contribution in [0.2, 0.25) is 0 Å². The number of hydrogen-bond donors (Lipinski definition) is 2. The molecule has 1 saturated heterocycles. The predicted molar refractivity (Wildman–Crippen MR) is 129 cm³/mol. The molecule has 0 amide bonds. The summed E-state index contributed by atoms with van der Waals surface area (Å²) in [6, 6.07) is 0.960. The van der Waals surface area contributed by atoms with Crippen LogP contribution in [0.5, 0.6) is 0 Å². The third-order valence-electron chi connectivity index (χ3n) is 6.69. The first kappa shape index (κ1) is 24.3. The summed E-state index contributed by atoms with van der Waals surface area (Å²) >= 11 is 0. The second-order valence-electron chi connectivity index (χ2n) is 9.48. The van der Waals surface area contributed by atoms with Crippen LogP contribution in [-0.4, -0.2) is 86.9 Å². The lowest BCUT2D eigenvalue weighted by Gasteiger charge is -2.31. The molecule has 0 aromatic carbocycles. The molecule has 0 bridgehead atoms. The minimum atomic E-state index is -3.22. The molecular weight excluding hydrogens is 439 g/mol. The van der Waals surface area contributed by atoms with Crippen molar-refractivity contribution in [2.24, 2.45) is 0 Å². The summed E-state index contributed by atoms with van der Waals surface area (Å²) in [7, 11) is 14.4. The Labute approximate surface area is 197 Å². The highest BCUT2D eigenvalue weighted by atomic mass is 32.2. The molecule has 3 heterocycles. The average Bonchev–Trinajstić information content (AvgIpc) is 3.05. The topological polar surface area (TPSA) is 117 Å².